The number of nitrogens with zero attached hydrogens (tertiary/aromatic N) is 5. The third kappa shape index (κ3) is 3.64. The van der Waals surface area contributed by atoms with Gasteiger partial charge in [-0.2, -0.15) is 4.68 Å². The second-order valence-corrected chi connectivity index (χ2v) is 5.38. The first kappa shape index (κ1) is 15.6. The van der Waals surface area contributed by atoms with Crippen molar-refractivity contribution in [2.24, 2.45) is 5.92 Å². The number of hydrogen-bond acceptors (Lipinski definition) is 4. The molecule has 0 spiro atoms. The molecular formula is C15H21N5S. The van der Waals surface area contributed by atoms with E-state index >= 15 is 0 Å². The summed E-state index contributed by atoms with van der Waals surface area (Å²) in [4.78, 5) is 3.18. The van der Waals surface area contributed by atoms with Gasteiger partial charge >= 0.3 is 0 Å². The Labute approximate surface area is 131 Å². The van der Waals surface area contributed by atoms with Crippen LogP contribution in [0.25, 0.3) is 5.69 Å². The van der Waals surface area contributed by atoms with Crippen molar-refractivity contribution in [1.82, 2.24) is 25.1 Å². The van der Waals surface area contributed by atoms with Crippen LogP contribution < -0.4 is 0 Å². The van der Waals surface area contributed by atoms with Crippen molar-refractivity contribution >= 4 is 17.2 Å². The lowest BCUT2D eigenvalue weighted by Gasteiger charge is -2.25. The molecule has 0 saturated carbocycles. The fraction of sp³-hybridized carbons (Fsp3) is 0.467. The van der Waals surface area contributed by atoms with E-state index in [9.17, 15) is 0 Å². The molecule has 0 aliphatic heterocycles. The maximum Gasteiger partial charge on any atom is 0.157 e. The number of aromatic nitrogens is 4. The molecular weight excluding hydrogens is 282 g/mol. The fourth-order valence-corrected chi connectivity index (χ4v) is 2.65. The standard InChI is InChI=1S/C15H21N5S/c1-4-19(5-2)15(21)12(3)11-14-16-17-18-20(14)13-9-7-6-8-10-13/h6-10,12H,4-5,11H2,1-3H3. The first-order valence-corrected chi connectivity index (χ1v) is 7.69. The highest BCUT2D eigenvalue weighted by molar-refractivity contribution is 7.80. The summed E-state index contributed by atoms with van der Waals surface area (Å²) in [5, 5.41) is 12.0. The van der Waals surface area contributed by atoms with Crippen LogP contribution in [0, 0.1) is 5.92 Å². The topological polar surface area (TPSA) is 46.8 Å². The van der Waals surface area contributed by atoms with E-state index in [1.54, 1.807) is 4.68 Å². The molecule has 0 bridgehead atoms. The molecule has 0 aliphatic carbocycles. The molecule has 112 valence electrons. The number of tetrazole rings is 1. The minimum atomic E-state index is 0.230. The van der Waals surface area contributed by atoms with Crippen LogP contribution >= 0.6 is 12.2 Å². The molecule has 1 atom stereocenters. The molecule has 0 aliphatic rings. The van der Waals surface area contributed by atoms with E-state index in [0.717, 1.165) is 36.0 Å². The number of thiocarbonyl (C=S) groups is 1. The molecule has 21 heavy (non-hydrogen) atoms. The molecule has 1 aromatic carbocycles. The highest BCUT2D eigenvalue weighted by atomic mass is 32.1. The van der Waals surface area contributed by atoms with Gasteiger partial charge in [0.15, 0.2) is 5.82 Å². The van der Waals surface area contributed by atoms with E-state index in [4.69, 9.17) is 12.2 Å². The Morgan fingerprint density at radius 2 is 1.90 bits per heavy atom. The summed E-state index contributed by atoms with van der Waals surface area (Å²) in [6.45, 7) is 8.24. The summed E-state index contributed by atoms with van der Waals surface area (Å²) in [7, 11) is 0. The van der Waals surface area contributed by atoms with E-state index in [1.165, 1.54) is 0 Å². The molecule has 0 radical (unpaired) electrons. The molecule has 0 fully saturated rings. The van der Waals surface area contributed by atoms with Crippen molar-refractivity contribution in [3.63, 3.8) is 0 Å². The second-order valence-electron chi connectivity index (χ2n) is 4.96. The zero-order valence-electron chi connectivity index (χ0n) is 12.7. The predicted molar refractivity (Wildman–Crippen MR) is 87.5 cm³/mol. The first-order valence-electron chi connectivity index (χ1n) is 7.28. The van der Waals surface area contributed by atoms with Crippen LogP contribution in [0.2, 0.25) is 0 Å². The average Bonchev–Trinajstić information content (AvgIpc) is 2.97. The quantitative estimate of drug-likeness (QED) is 0.767. The Hall–Kier alpha value is -1.82. The fourth-order valence-electron chi connectivity index (χ4n) is 2.31. The largest absolute Gasteiger partial charge is 0.366 e. The molecule has 0 amide bonds. The highest BCUT2D eigenvalue weighted by Gasteiger charge is 2.18. The summed E-state index contributed by atoms with van der Waals surface area (Å²) in [5.41, 5.74) is 0.971. The van der Waals surface area contributed by atoms with Crippen LogP contribution in [0.3, 0.4) is 0 Å². The van der Waals surface area contributed by atoms with Crippen LogP contribution in [0.1, 0.15) is 26.6 Å². The van der Waals surface area contributed by atoms with Crippen molar-refractivity contribution in [2.75, 3.05) is 13.1 Å². The van der Waals surface area contributed by atoms with Gasteiger partial charge in [-0.3, -0.25) is 0 Å². The molecule has 0 saturated heterocycles. The number of para-hydroxylation sites is 1. The van der Waals surface area contributed by atoms with Crippen LogP contribution in [-0.2, 0) is 6.42 Å². The van der Waals surface area contributed by atoms with Crippen molar-refractivity contribution in [3.05, 3.63) is 36.2 Å². The molecule has 6 heteroatoms. The monoisotopic (exact) mass is 303 g/mol. The lowest BCUT2D eigenvalue weighted by Crippen LogP contribution is -2.34. The maximum absolute atomic E-state index is 5.58. The minimum Gasteiger partial charge on any atom is -0.366 e. The molecule has 2 aromatic rings. The van der Waals surface area contributed by atoms with Gasteiger partial charge in [0.2, 0.25) is 0 Å². The van der Waals surface area contributed by atoms with E-state index < -0.39 is 0 Å². The summed E-state index contributed by atoms with van der Waals surface area (Å²) >= 11 is 5.58. The van der Waals surface area contributed by atoms with Crippen molar-refractivity contribution in [2.45, 2.75) is 27.2 Å². The van der Waals surface area contributed by atoms with Crippen LogP contribution in [0.15, 0.2) is 30.3 Å². The minimum absolute atomic E-state index is 0.230. The highest BCUT2D eigenvalue weighted by Crippen LogP contribution is 2.14. The third-order valence-electron chi connectivity index (χ3n) is 3.52. The predicted octanol–water partition coefficient (Wildman–Crippen LogP) is 2.51. The third-order valence-corrected chi connectivity index (χ3v) is 4.18. The summed E-state index contributed by atoms with van der Waals surface area (Å²) in [6, 6.07) is 9.92. The van der Waals surface area contributed by atoms with Gasteiger partial charge in [0.05, 0.1) is 10.7 Å². The smallest absolute Gasteiger partial charge is 0.157 e. The summed E-state index contributed by atoms with van der Waals surface area (Å²) in [5.74, 6) is 1.07. The molecule has 1 heterocycles. The van der Waals surface area contributed by atoms with Gasteiger partial charge in [-0.25, -0.2) is 0 Å². The first-order chi connectivity index (χ1) is 10.2. The summed E-state index contributed by atoms with van der Waals surface area (Å²) in [6.07, 6.45) is 0.733. The van der Waals surface area contributed by atoms with Crippen molar-refractivity contribution in [1.29, 1.82) is 0 Å². The van der Waals surface area contributed by atoms with E-state index in [-0.39, 0.29) is 5.92 Å². The SMILES string of the molecule is CCN(CC)C(=S)C(C)Cc1nnnn1-c1ccccc1. The van der Waals surface area contributed by atoms with Gasteiger partial charge in [-0.1, -0.05) is 37.3 Å². The average molecular weight is 303 g/mol. The lowest BCUT2D eigenvalue weighted by molar-refractivity contribution is 0.444. The number of benzene rings is 1. The van der Waals surface area contributed by atoms with E-state index in [0.29, 0.717) is 0 Å². The Morgan fingerprint density at radius 3 is 2.52 bits per heavy atom. The van der Waals surface area contributed by atoms with Crippen LogP contribution in [0.5, 0.6) is 0 Å². The van der Waals surface area contributed by atoms with Crippen molar-refractivity contribution in [3.8, 4) is 5.69 Å². The van der Waals surface area contributed by atoms with Crippen LogP contribution in [-0.4, -0.2) is 43.2 Å². The van der Waals surface area contributed by atoms with E-state index in [1.807, 2.05) is 30.3 Å². The molecule has 5 nitrogen and oxygen atoms in total. The molecule has 1 unspecified atom stereocenters. The zero-order chi connectivity index (χ0) is 15.2. The normalized spacial score (nSPS) is 12.1. The lowest BCUT2D eigenvalue weighted by atomic mass is 10.1. The molecule has 0 N–H and O–H groups in total. The number of hydrogen-bond donors (Lipinski definition) is 0. The van der Waals surface area contributed by atoms with Gasteiger partial charge in [-0.15, -0.1) is 5.10 Å². The van der Waals surface area contributed by atoms with Crippen LogP contribution in [0.4, 0.5) is 0 Å². The zero-order valence-corrected chi connectivity index (χ0v) is 13.5. The summed E-state index contributed by atoms with van der Waals surface area (Å²) < 4.78 is 1.78. The number of rotatable bonds is 6. The Morgan fingerprint density at radius 1 is 1.24 bits per heavy atom. The Bertz CT molecular complexity index is 577. The van der Waals surface area contributed by atoms with Gasteiger partial charge in [0, 0.05) is 25.4 Å². The van der Waals surface area contributed by atoms with Gasteiger partial charge in [0.25, 0.3) is 0 Å². The molecule has 1 aromatic heterocycles. The van der Waals surface area contributed by atoms with Gasteiger partial charge in [-0.05, 0) is 36.4 Å². The Kier molecular flexibility index (Phi) is 5.38. The Balaban J connectivity index is 2.14. The van der Waals surface area contributed by atoms with Gasteiger partial charge in [0.1, 0.15) is 0 Å². The molecule has 2 rings (SSSR count). The van der Waals surface area contributed by atoms with Gasteiger partial charge < -0.3 is 4.90 Å². The van der Waals surface area contributed by atoms with Crippen molar-refractivity contribution < 1.29 is 0 Å². The van der Waals surface area contributed by atoms with E-state index in [2.05, 4.69) is 41.2 Å². The second kappa shape index (κ2) is 7.26. The maximum atomic E-state index is 5.58.